The second-order valence-electron chi connectivity index (χ2n) is 3.48. The van der Waals surface area contributed by atoms with Crippen molar-refractivity contribution in [2.45, 2.75) is 15.3 Å². The van der Waals surface area contributed by atoms with E-state index < -0.39 is 56.1 Å². The number of hydrogen-bond acceptors (Lipinski definition) is 5. The number of benzene rings is 1. The van der Waals surface area contributed by atoms with Gasteiger partial charge in [-0.15, -0.1) is 0 Å². The summed E-state index contributed by atoms with van der Waals surface area (Å²) >= 11 is 4.82. The SMILES string of the molecule is O=P(O)(O)COS(=O)(=O)c1c(Cl)cccc1SC(F)(F)F. The molecule has 0 aliphatic carbocycles. The van der Waals surface area contributed by atoms with Crippen molar-refractivity contribution in [3.63, 3.8) is 0 Å². The third-order valence-corrected chi connectivity index (χ3v) is 5.14. The smallest absolute Gasteiger partial charge is 0.323 e. The van der Waals surface area contributed by atoms with Gasteiger partial charge in [0.2, 0.25) is 0 Å². The first-order chi connectivity index (χ1) is 9.32. The molecule has 0 radical (unpaired) electrons. The van der Waals surface area contributed by atoms with Gasteiger partial charge in [-0.1, -0.05) is 17.7 Å². The van der Waals surface area contributed by atoms with Gasteiger partial charge in [-0.3, -0.25) is 8.75 Å². The lowest BCUT2D eigenvalue weighted by atomic mass is 10.4. The third kappa shape index (κ3) is 6.15. The van der Waals surface area contributed by atoms with Crippen molar-refractivity contribution in [2.24, 2.45) is 0 Å². The Labute approximate surface area is 126 Å². The van der Waals surface area contributed by atoms with Crippen LogP contribution in [-0.2, 0) is 18.9 Å². The normalized spacial score (nSPS) is 13.4. The molecule has 1 aromatic rings. The zero-order valence-electron chi connectivity index (χ0n) is 9.74. The summed E-state index contributed by atoms with van der Waals surface area (Å²) in [6.45, 7) is 0. The van der Waals surface area contributed by atoms with Gasteiger partial charge in [0.15, 0.2) is 6.35 Å². The average molecular weight is 387 g/mol. The molecular formula is C8H7ClF3O6PS2. The molecule has 120 valence electrons. The molecule has 1 rings (SSSR count). The molecule has 0 unspecified atom stereocenters. The fraction of sp³-hybridized carbons (Fsp3) is 0.250. The second kappa shape index (κ2) is 6.45. The van der Waals surface area contributed by atoms with Gasteiger partial charge in [-0.05, 0) is 23.9 Å². The molecule has 13 heteroatoms. The van der Waals surface area contributed by atoms with E-state index in [1.807, 2.05) is 0 Å². The Morgan fingerprint density at radius 1 is 1.33 bits per heavy atom. The van der Waals surface area contributed by atoms with Crippen molar-refractivity contribution >= 4 is 41.1 Å². The van der Waals surface area contributed by atoms with Gasteiger partial charge in [0.25, 0.3) is 10.1 Å². The fourth-order valence-corrected chi connectivity index (χ4v) is 4.52. The van der Waals surface area contributed by atoms with E-state index in [0.29, 0.717) is 0 Å². The predicted molar refractivity (Wildman–Crippen MR) is 68.5 cm³/mol. The molecular weight excluding hydrogens is 380 g/mol. The van der Waals surface area contributed by atoms with Crippen molar-refractivity contribution in [3.05, 3.63) is 23.2 Å². The summed E-state index contributed by atoms with van der Waals surface area (Å²) in [7, 11) is -9.70. The van der Waals surface area contributed by atoms with Crippen LogP contribution in [0.4, 0.5) is 13.2 Å². The Kier molecular flexibility index (Phi) is 5.76. The topological polar surface area (TPSA) is 101 Å². The van der Waals surface area contributed by atoms with Crippen molar-refractivity contribution in [2.75, 3.05) is 6.35 Å². The Morgan fingerprint density at radius 2 is 1.90 bits per heavy atom. The molecule has 0 spiro atoms. The van der Waals surface area contributed by atoms with Crippen LogP contribution in [0.15, 0.2) is 28.0 Å². The summed E-state index contributed by atoms with van der Waals surface area (Å²) in [4.78, 5) is 15.4. The minimum Gasteiger partial charge on any atom is -0.323 e. The molecule has 0 fully saturated rings. The number of hydrogen-bond donors (Lipinski definition) is 2. The minimum atomic E-state index is -4.87. The molecule has 2 N–H and O–H groups in total. The lowest BCUT2D eigenvalue weighted by Gasteiger charge is -2.13. The van der Waals surface area contributed by atoms with E-state index in [1.54, 1.807) is 0 Å². The maximum absolute atomic E-state index is 12.4. The summed E-state index contributed by atoms with van der Waals surface area (Å²) in [6.07, 6.45) is -1.50. The first kappa shape index (κ1) is 18.8. The van der Waals surface area contributed by atoms with Crippen molar-refractivity contribution < 1.29 is 40.1 Å². The second-order valence-corrected chi connectivity index (χ2v) is 8.13. The van der Waals surface area contributed by atoms with Crippen LogP contribution in [0.5, 0.6) is 0 Å². The summed E-state index contributed by atoms with van der Waals surface area (Å²) in [6, 6.07) is 2.95. The molecule has 0 saturated heterocycles. The van der Waals surface area contributed by atoms with E-state index in [4.69, 9.17) is 21.4 Å². The summed E-state index contributed by atoms with van der Waals surface area (Å²) in [5.41, 5.74) is -4.78. The summed E-state index contributed by atoms with van der Waals surface area (Å²) in [5, 5.41) is -0.560. The van der Waals surface area contributed by atoms with E-state index in [2.05, 4.69) is 4.18 Å². The zero-order valence-corrected chi connectivity index (χ0v) is 13.0. The number of thioether (sulfide) groups is 1. The fourth-order valence-electron chi connectivity index (χ4n) is 1.13. The highest BCUT2D eigenvalue weighted by Gasteiger charge is 2.34. The van der Waals surface area contributed by atoms with Gasteiger partial charge in [0.1, 0.15) is 4.90 Å². The molecule has 0 aromatic heterocycles. The highest BCUT2D eigenvalue weighted by Crippen LogP contribution is 2.43. The maximum Gasteiger partial charge on any atom is 0.446 e. The molecule has 0 atom stereocenters. The highest BCUT2D eigenvalue weighted by molar-refractivity contribution is 8.00. The van der Waals surface area contributed by atoms with Crippen LogP contribution >= 0.6 is 31.0 Å². The van der Waals surface area contributed by atoms with E-state index in [9.17, 15) is 26.2 Å². The van der Waals surface area contributed by atoms with E-state index >= 15 is 0 Å². The van der Waals surface area contributed by atoms with E-state index in [-0.39, 0.29) is 0 Å². The maximum atomic E-state index is 12.4. The molecule has 0 saturated carbocycles. The first-order valence-electron chi connectivity index (χ1n) is 4.80. The Balaban J connectivity index is 3.25. The van der Waals surface area contributed by atoms with Crippen LogP contribution in [0.1, 0.15) is 0 Å². The van der Waals surface area contributed by atoms with Crippen molar-refractivity contribution in [1.29, 1.82) is 0 Å². The molecule has 0 heterocycles. The average Bonchev–Trinajstić information content (AvgIpc) is 2.23. The van der Waals surface area contributed by atoms with Gasteiger partial charge >= 0.3 is 13.1 Å². The van der Waals surface area contributed by atoms with Gasteiger partial charge in [-0.2, -0.15) is 21.6 Å². The van der Waals surface area contributed by atoms with E-state index in [0.717, 1.165) is 18.2 Å². The van der Waals surface area contributed by atoms with E-state index in [1.165, 1.54) is 0 Å². The highest BCUT2D eigenvalue weighted by atomic mass is 35.5. The number of halogens is 4. The van der Waals surface area contributed by atoms with Crippen molar-refractivity contribution in [1.82, 2.24) is 0 Å². The Morgan fingerprint density at radius 3 is 2.38 bits per heavy atom. The standard InChI is InChI=1S/C8H7ClF3O6PS2/c9-5-2-1-3-6(20-8(10,11)12)7(5)21(16,17)18-4-19(13,14)15/h1-3H,4H2,(H2,13,14,15). The first-order valence-corrected chi connectivity index (χ1v) is 9.20. The van der Waals surface area contributed by atoms with Gasteiger partial charge in [0, 0.05) is 4.90 Å². The Bertz CT molecular complexity index is 671. The predicted octanol–water partition coefficient (Wildman–Crippen LogP) is 2.79. The molecule has 6 nitrogen and oxygen atoms in total. The molecule has 0 aliphatic rings. The van der Waals surface area contributed by atoms with Crippen LogP contribution < -0.4 is 0 Å². The molecule has 0 aliphatic heterocycles. The third-order valence-electron chi connectivity index (χ3n) is 1.78. The summed E-state index contributed by atoms with van der Waals surface area (Å²) < 4.78 is 75.3. The van der Waals surface area contributed by atoms with Gasteiger partial charge in [-0.25, -0.2) is 0 Å². The number of alkyl halides is 3. The molecule has 0 bridgehead atoms. The lowest BCUT2D eigenvalue weighted by molar-refractivity contribution is -0.0329. The minimum absolute atomic E-state index is 0.560. The quantitative estimate of drug-likeness (QED) is 0.456. The zero-order chi connectivity index (χ0) is 16.5. The van der Waals surface area contributed by atoms with Crippen molar-refractivity contribution in [3.8, 4) is 0 Å². The largest absolute Gasteiger partial charge is 0.446 e. The van der Waals surface area contributed by atoms with Gasteiger partial charge in [0.05, 0.1) is 5.02 Å². The Hall–Kier alpha value is -0.290. The van der Waals surface area contributed by atoms with Crippen LogP contribution in [-0.4, -0.2) is 30.1 Å². The van der Waals surface area contributed by atoms with Crippen LogP contribution in [0.25, 0.3) is 0 Å². The number of rotatable bonds is 5. The summed E-state index contributed by atoms with van der Waals surface area (Å²) in [5.74, 6) is 0. The van der Waals surface area contributed by atoms with Crippen LogP contribution in [0.2, 0.25) is 5.02 Å². The van der Waals surface area contributed by atoms with Crippen LogP contribution in [0, 0.1) is 0 Å². The van der Waals surface area contributed by atoms with Crippen LogP contribution in [0.3, 0.4) is 0 Å². The lowest BCUT2D eigenvalue weighted by Crippen LogP contribution is -2.11. The molecule has 21 heavy (non-hydrogen) atoms. The molecule has 1 aromatic carbocycles. The monoisotopic (exact) mass is 386 g/mol. The van der Waals surface area contributed by atoms with Gasteiger partial charge < -0.3 is 9.79 Å². The molecule has 0 amide bonds.